The molecule has 2 aromatic carbocycles. The van der Waals surface area contributed by atoms with Crippen molar-refractivity contribution in [2.75, 3.05) is 41.0 Å². The molecule has 1 heterocycles. The number of hydrogen-bond donors (Lipinski definition) is 1. The summed E-state index contributed by atoms with van der Waals surface area (Å²) in [5, 5.41) is 3.03. The molecule has 2 amide bonds. The van der Waals surface area contributed by atoms with Crippen molar-refractivity contribution in [3.05, 3.63) is 53.6 Å². The molecule has 1 fully saturated rings. The zero-order chi connectivity index (χ0) is 22.2. The maximum atomic E-state index is 12.9. The minimum atomic E-state index is -0.0201. The maximum absolute atomic E-state index is 12.9. The summed E-state index contributed by atoms with van der Waals surface area (Å²) < 4.78 is 15.8. The Morgan fingerprint density at radius 1 is 0.935 bits per heavy atom. The molecule has 2 aromatic rings. The first-order chi connectivity index (χ1) is 15.0. The number of likely N-dealkylation sites (tertiary alicyclic amines) is 1. The number of nitrogens with zero attached hydrogens (tertiary/aromatic N) is 1. The summed E-state index contributed by atoms with van der Waals surface area (Å²) in [6.07, 6.45) is 2.00. The van der Waals surface area contributed by atoms with E-state index in [2.05, 4.69) is 5.32 Å². The van der Waals surface area contributed by atoms with E-state index >= 15 is 0 Å². The quantitative estimate of drug-likeness (QED) is 0.702. The molecular weight excluding hydrogens is 396 g/mol. The van der Waals surface area contributed by atoms with Gasteiger partial charge < -0.3 is 24.4 Å². The van der Waals surface area contributed by atoms with Crippen LogP contribution in [0.1, 0.15) is 28.8 Å². The molecular formula is C24H30N2O5. The van der Waals surface area contributed by atoms with Gasteiger partial charge in [-0.15, -0.1) is 0 Å². The average molecular weight is 427 g/mol. The molecule has 0 aliphatic carbocycles. The van der Waals surface area contributed by atoms with Crippen LogP contribution < -0.4 is 19.5 Å². The van der Waals surface area contributed by atoms with Crippen LogP contribution in [-0.4, -0.2) is 57.7 Å². The summed E-state index contributed by atoms with van der Waals surface area (Å²) in [5.41, 5.74) is 1.46. The third kappa shape index (κ3) is 5.69. The van der Waals surface area contributed by atoms with E-state index in [4.69, 9.17) is 14.2 Å². The summed E-state index contributed by atoms with van der Waals surface area (Å²) in [6, 6.07) is 12.8. The molecule has 0 atom stereocenters. The van der Waals surface area contributed by atoms with Crippen LogP contribution in [-0.2, 0) is 11.2 Å². The van der Waals surface area contributed by atoms with Crippen LogP contribution in [0.3, 0.4) is 0 Å². The molecule has 3 rings (SSSR count). The average Bonchev–Trinajstić information content (AvgIpc) is 2.82. The van der Waals surface area contributed by atoms with Crippen LogP contribution in [0.5, 0.6) is 17.2 Å². The molecule has 0 aromatic heterocycles. The topological polar surface area (TPSA) is 77.1 Å². The number of ether oxygens (including phenoxy) is 3. The normalized spacial score (nSPS) is 14.1. The molecule has 1 aliphatic heterocycles. The Morgan fingerprint density at radius 2 is 1.61 bits per heavy atom. The number of para-hydroxylation sites is 1. The highest BCUT2D eigenvalue weighted by atomic mass is 16.5. The SMILES string of the molecule is COc1ccccc1CC(=O)NCC1CCN(C(=O)c2ccc(OC)c(OC)c2)CC1. The number of nitrogens with one attached hydrogen (secondary N) is 1. The van der Waals surface area contributed by atoms with Crippen molar-refractivity contribution in [3.8, 4) is 17.2 Å². The first kappa shape index (κ1) is 22.5. The fourth-order valence-electron chi connectivity index (χ4n) is 3.83. The highest BCUT2D eigenvalue weighted by Gasteiger charge is 2.24. The first-order valence-electron chi connectivity index (χ1n) is 10.5. The van der Waals surface area contributed by atoms with Crippen molar-refractivity contribution >= 4 is 11.8 Å². The summed E-state index contributed by atoms with van der Waals surface area (Å²) in [7, 11) is 4.73. The standard InChI is InChI=1S/C24H30N2O5/c1-29-20-7-5-4-6-18(20)15-23(27)25-16-17-10-12-26(13-11-17)24(28)19-8-9-21(30-2)22(14-19)31-3/h4-9,14,17H,10-13,15-16H2,1-3H3,(H,25,27). The van der Waals surface area contributed by atoms with Gasteiger partial charge in [0.15, 0.2) is 11.5 Å². The van der Waals surface area contributed by atoms with Gasteiger partial charge in [-0.05, 0) is 43.0 Å². The molecule has 31 heavy (non-hydrogen) atoms. The smallest absolute Gasteiger partial charge is 0.253 e. The van der Waals surface area contributed by atoms with Crippen molar-refractivity contribution in [2.45, 2.75) is 19.3 Å². The van der Waals surface area contributed by atoms with E-state index in [1.54, 1.807) is 39.5 Å². The Labute approximate surface area is 183 Å². The Morgan fingerprint density at radius 3 is 2.29 bits per heavy atom. The Bertz CT molecular complexity index is 907. The third-order valence-electron chi connectivity index (χ3n) is 5.66. The molecule has 0 spiro atoms. The number of benzene rings is 2. The van der Waals surface area contributed by atoms with Crippen LogP contribution in [0.25, 0.3) is 0 Å². The third-order valence-corrected chi connectivity index (χ3v) is 5.66. The van der Waals surface area contributed by atoms with Crippen molar-refractivity contribution in [3.63, 3.8) is 0 Å². The summed E-state index contributed by atoms with van der Waals surface area (Å²) in [5.74, 6) is 2.19. The number of methoxy groups -OCH3 is 3. The van der Waals surface area contributed by atoms with Gasteiger partial charge in [0.05, 0.1) is 27.8 Å². The molecule has 7 heteroatoms. The lowest BCUT2D eigenvalue weighted by molar-refractivity contribution is -0.120. The van der Waals surface area contributed by atoms with Gasteiger partial charge in [-0.1, -0.05) is 18.2 Å². The van der Waals surface area contributed by atoms with E-state index in [0.29, 0.717) is 49.0 Å². The number of hydrogen-bond acceptors (Lipinski definition) is 5. The molecule has 1 N–H and O–H groups in total. The Hall–Kier alpha value is -3.22. The molecule has 0 bridgehead atoms. The molecule has 0 radical (unpaired) electrons. The van der Waals surface area contributed by atoms with Gasteiger partial charge in [-0.3, -0.25) is 9.59 Å². The van der Waals surface area contributed by atoms with E-state index < -0.39 is 0 Å². The molecule has 166 valence electrons. The first-order valence-corrected chi connectivity index (χ1v) is 10.5. The van der Waals surface area contributed by atoms with E-state index in [1.165, 1.54) is 0 Å². The maximum Gasteiger partial charge on any atom is 0.253 e. The predicted octanol–water partition coefficient (Wildman–Crippen LogP) is 2.92. The van der Waals surface area contributed by atoms with Crippen LogP contribution >= 0.6 is 0 Å². The van der Waals surface area contributed by atoms with Gasteiger partial charge in [0, 0.05) is 30.8 Å². The second-order valence-corrected chi connectivity index (χ2v) is 7.60. The second-order valence-electron chi connectivity index (χ2n) is 7.60. The molecule has 0 unspecified atom stereocenters. The van der Waals surface area contributed by atoms with Gasteiger partial charge in [-0.2, -0.15) is 0 Å². The fraction of sp³-hybridized carbons (Fsp3) is 0.417. The molecule has 0 saturated carbocycles. The number of carbonyl (C=O) groups is 2. The van der Waals surface area contributed by atoms with Gasteiger partial charge in [-0.25, -0.2) is 0 Å². The van der Waals surface area contributed by atoms with Crippen molar-refractivity contribution in [1.82, 2.24) is 10.2 Å². The number of rotatable bonds is 8. The second kappa shape index (κ2) is 10.7. The Balaban J connectivity index is 1.47. The minimum absolute atomic E-state index is 0.0142. The van der Waals surface area contributed by atoms with Crippen molar-refractivity contribution in [2.24, 2.45) is 5.92 Å². The molecule has 7 nitrogen and oxygen atoms in total. The zero-order valence-electron chi connectivity index (χ0n) is 18.3. The Kier molecular flexibility index (Phi) is 7.76. The van der Waals surface area contributed by atoms with Crippen LogP contribution in [0.2, 0.25) is 0 Å². The summed E-state index contributed by atoms with van der Waals surface area (Å²) in [4.78, 5) is 27.0. The number of piperidine rings is 1. The number of carbonyl (C=O) groups excluding carboxylic acids is 2. The minimum Gasteiger partial charge on any atom is -0.496 e. The number of amides is 2. The highest BCUT2D eigenvalue weighted by Crippen LogP contribution is 2.29. The van der Waals surface area contributed by atoms with Crippen LogP contribution in [0.15, 0.2) is 42.5 Å². The summed E-state index contributed by atoms with van der Waals surface area (Å²) >= 11 is 0. The largest absolute Gasteiger partial charge is 0.496 e. The van der Waals surface area contributed by atoms with E-state index in [0.717, 1.165) is 24.2 Å². The molecule has 1 aliphatic rings. The monoisotopic (exact) mass is 426 g/mol. The van der Waals surface area contributed by atoms with Crippen molar-refractivity contribution < 1.29 is 23.8 Å². The van der Waals surface area contributed by atoms with Gasteiger partial charge in [0.1, 0.15) is 5.75 Å². The fourth-order valence-corrected chi connectivity index (χ4v) is 3.83. The van der Waals surface area contributed by atoms with Gasteiger partial charge in [0.2, 0.25) is 5.91 Å². The van der Waals surface area contributed by atoms with Crippen molar-refractivity contribution in [1.29, 1.82) is 0 Å². The van der Waals surface area contributed by atoms with E-state index in [-0.39, 0.29) is 11.8 Å². The highest BCUT2D eigenvalue weighted by molar-refractivity contribution is 5.95. The lowest BCUT2D eigenvalue weighted by Gasteiger charge is -2.32. The zero-order valence-corrected chi connectivity index (χ0v) is 18.3. The predicted molar refractivity (Wildman–Crippen MR) is 118 cm³/mol. The van der Waals surface area contributed by atoms with Gasteiger partial charge >= 0.3 is 0 Å². The lowest BCUT2D eigenvalue weighted by atomic mass is 9.96. The molecule has 1 saturated heterocycles. The van der Waals surface area contributed by atoms with Gasteiger partial charge in [0.25, 0.3) is 5.91 Å². The van der Waals surface area contributed by atoms with E-state index in [1.807, 2.05) is 29.2 Å². The van der Waals surface area contributed by atoms with Crippen LogP contribution in [0, 0.1) is 5.92 Å². The lowest BCUT2D eigenvalue weighted by Crippen LogP contribution is -2.41. The summed E-state index contributed by atoms with van der Waals surface area (Å²) in [6.45, 7) is 1.95. The van der Waals surface area contributed by atoms with Crippen LogP contribution in [0.4, 0.5) is 0 Å². The van der Waals surface area contributed by atoms with E-state index in [9.17, 15) is 9.59 Å².